The fourth-order valence-electron chi connectivity index (χ4n) is 1.90. The first kappa shape index (κ1) is 12.3. The predicted molar refractivity (Wildman–Crippen MR) is 59.6 cm³/mol. The average Bonchev–Trinajstić information content (AvgIpc) is 2.43. The lowest BCUT2D eigenvalue weighted by atomic mass is 10.0. The number of ether oxygens (including phenoxy) is 1. The molecule has 0 spiro atoms. The molecule has 0 radical (unpaired) electrons. The first-order valence-electron chi connectivity index (χ1n) is 5.55. The standard InChI is InChI=1S/C11H22N2O2/c1-8-9(7-12)5-6-13(8)10(14)15-11(2,3)4/h8-9H,5-7,12H2,1-4H3/t8-,9+/m0/s1. The predicted octanol–water partition coefficient (Wildman–Crippen LogP) is 1.59. The molecule has 2 N–H and O–H groups in total. The van der Waals surface area contributed by atoms with Gasteiger partial charge in [0.2, 0.25) is 0 Å². The van der Waals surface area contributed by atoms with Gasteiger partial charge in [-0.25, -0.2) is 4.79 Å². The number of hydrogen-bond donors (Lipinski definition) is 1. The Kier molecular flexibility index (Phi) is 3.60. The highest BCUT2D eigenvalue weighted by Crippen LogP contribution is 2.24. The summed E-state index contributed by atoms with van der Waals surface area (Å²) in [5.41, 5.74) is 5.22. The zero-order valence-corrected chi connectivity index (χ0v) is 10.1. The lowest BCUT2D eigenvalue weighted by Crippen LogP contribution is -2.40. The highest BCUT2D eigenvalue weighted by molar-refractivity contribution is 5.69. The van der Waals surface area contributed by atoms with Crippen LogP contribution in [0.1, 0.15) is 34.1 Å². The van der Waals surface area contributed by atoms with E-state index in [9.17, 15) is 4.79 Å². The summed E-state index contributed by atoms with van der Waals surface area (Å²) in [5, 5.41) is 0. The van der Waals surface area contributed by atoms with Crippen LogP contribution in [-0.4, -0.2) is 35.7 Å². The van der Waals surface area contributed by atoms with Crippen LogP contribution in [0.4, 0.5) is 4.79 Å². The summed E-state index contributed by atoms with van der Waals surface area (Å²) >= 11 is 0. The summed E-state index contributed by atoms with van der Waals surface area (Å²) in [6.45, 7) is 9.08. The molecule has 1 aliphatic heterocycles. The average molecular weight is 214 g/mol. The Morgan fingerprint density at radius 2 is 2.13 bits per heavy atom. The van der Waals surface area contributed by atoms with Crippen molar-refractivity contribution < 1.29 is 9.53 Å². The molecule has 0 aromatic carbocycles. The normalized spacial score (nSPS) is 26.9. The maximum atomic E-state index is 11.8. The number of hydrogen-bond acceptors (Lipinski definition) is 3. The largest absolute Gasteiger partial charge is 0.444 e. The number of amides is 1. The van der Waals surface area contributed by atoms with Gasteiger partial charge in [-0.3, -0.25) is 0 Å². The van der Waals surface area contributed by atoms with Crippen molar-refractivity contribution >= 4 is 6.09 Å². The van der Waals surface area contributed by atoms with E-state index in [1.165, 1.54) is 0 Å². The van der Waals surface area contributed by atoms with Crippen LogP contribution in [0.2, 0.25) is 0 Å². The molecular formula is C11H22N2O2. The molecule has 0 saturated carbocycles. The molecule has 1 rings (SSSR count). The Morgan fingerprint density at radius 3 is 2.53 bits per heavy atom. The van der Waals surface area contributed by atoms with Crippen molar-refractivity contribution in [1.82, 2.24) is 4.90 Å². The molecule has 1 saturated heterocycles. The van der Waals surface area contributed by atoms with Crippen molar-refractivity contribution in [1.29, 1.82) is 0 Å². The maximum absolute atomic E-state index is 11.8. The highest BCUT2D eigenvalue weighted by Gasteiger charge is 2.35. The molecule has 0 aromatic heterocycles. The second-order valence-electron chi connectivity index (χ2n) is 5.20. The van der Waals surface area contributed by atoms with Gasteiger partial charge in [-0.2, -0.15) is 0 Å². The fraction of sp³-hybridized carbons (Fsp3) is 0.909. The van der Waals surface area contributed by atoms with Crippen LogP contribution in [-0.2, 0) is 4.74 Å². The van der Waals surface area contributed by atoms with Crippen molar-refractivity contribution in [2.75, 3.05) is 13.1 Å². The third kappa shape index (κ3) is 3.09. The minimum absolute atomic E-state index is 0.199. The van der Waals surface area contributed by atoms with E-state index in [0.29, 0.717) is 12.5 Å². The third-order valence-corrected chi connectivity index (χ3v) is 2.85. The molecule has 0 aliphatic carbocycles. The van der Waals surface area contributed by atoms with E-state index in [1.54, 1.807) is 4.90 Å². The summed E-state index contributed by atoms with van der Waals surface area (Å²) in [6, 6.07) is 0.199. The molecule has 1 amide bonds. The lowest BCUT2D eigenvalue weighted by molar-refractivity contribution is 0.0224. The first-order chi connectivity index (χ1) is 6.85. The molecule has 1 fully saturated rings. The number of carbonyl (C=O) groups is 1. The molecule has 4 heteroatoms. The van der Waals surface area contributed by atoms with E-state index >= 15 is 0 Å². The summed E-state index contributed by atoms with van der Waals surface area (Å²) in [5.74, 6) is 0.414. The van der Waals surface area contributed by atoms with Crippen molar-refractivity contribution in [2.45, 2.75) is 45.8 Å². The van der Waals surface area contributed by atoms with Crippen LogP contribution in [0.15, 0.2) is 0 Å². The summed E-state index contributed by atoms with van der Waals surface area (Å²) in [4.78, 5) is 13.6. The van der Waals surface area contributed by atoms with Gasteiger partial charge in [0.1, 0.15) is 5.60 Å². The van der Waals surface area contributed by atoms with E-state index in [1.807, 2.05) is 27.7 Å². The van der Waals surface area contributed by atoms with Gasteiger partial charge in [-0.05, 0) is 46.6 Å². The summed E-state index contributed by atoms with van der Waals surface area (Å²) < 4.78 is 5.33. The fourth-order valence-corrected chi connectivity index (χ4v) is 1.90. The lowest BCUT2D eigenvalue weighted by Gasteiger charge is -2.28. The zero-order chi connectivity index (χ0) is 11.6. The topological polar surface area (TPSA) is 55.6 Å². The summed E-state index contributed by atoms with van der Waals surface area (Å²) in [6.07, 6.45) is 0.766. The van der Waals surface area contributed by atoms with Gasteiger partial charge in [0.25, 0.3) is 0 Å². The van der Waals surface area contributed by atoms with E-state index in [2.05, 4.69) is 0 Å². The number of likely N-dealkylation sites (tertiary alicyclic amines) is 1. The van der Waals surface area contributed by atoms with Crippen molar-refractivity contribution in [3.8, 4) is 0 Å². The molecule has 0 aromatic rings. The molecule has 0 bridgehead atoms. The minimum Gasteiger partial charge on any atom is -0.444 e. The SMILES string of the molecule is C[C@H]1[C@@H](CN)CCN1C(=O)OC(C)(C)C. The molecule has 88 valence electrons. The smallest absolute Gasteiger partial charge is 0.410 e. The Morgan fingerprint density at radius 1 is 1.53 bits per heavy atom. The number of rotatable bonds is 1. The Labute approximate surface area is 91.8 Å². The van der Waals surface area contributed by atoms with Gasteiger partial charge < -0.3 is 15.4 Å². The molecule has 2 atom stereocenters. The number of nitrogens with two attached hydrogens (primary N) is 1. The monoisotopic (exact) mass is 214 g/mol. The van der Waals surface area contributed by atoms with Crippen LogP contribution in [0.3, 0.4) is 0 Å². The molecule has 0 unspecified atom stereocenters. The molecule has 15 heavy (non-hydrogen) atoms. The second-order valence-corrected chi connectivity index (χ2v) is 5.20. The van der Waals surface area contributed by atoms with Crippen molar-refractivity contribution in [2.24, 2.45) is 11.7 Å². The van der Waals surface area contributed by atoms with Crippen LogP contribution in [0.5, 0.6) is 0 Å². The van der Waals surface area contributed by atoms with Gasteiger partial charge in [-0.15, -0.1) is 0 Å². The Bertz CT molecular complexity index is 235. The van der Waals surface area contributed by atoms with Crippen molar-refractivity contribution in [3.63, 3.8) is 0 Å². The van der Waals surface area contributed by atoms with Crippen LogP contribution in [0.25, 0.3) is 0 Å². The second kappa shape index (κ2) is 4.39. The van der Waals surface area contributed by atoms with Crippen LogP contribution < -0.4 is 5.73 Å². The first-order valence-corrected chi connectivity index (χ1v) is 5.55. The maximum Gasteiger partial charge on any atom is 0.410 e. The van der Waals surface area contributed by atoms with E-state index in [-0.39, 0.29) is 12.1 Å². The minimum atomic E-state index is -0.419. The quantitative estimate of drug-likeness (QED) is 0.721. The van der Waals surface area contributed by atoms with Gasteiger partial charge >= 0.3 is 6.09 Å². The van der Waals surface area contributed by atoms with Gasteiger partial charge in [0.05, 0.1) is 0 Å². The van der Waals surface area contributed by atoms with Crippen LogP contribution in [0, 0.1) is 5.92 Å². The van der Waals surface area contributed by atoms with Gasteiger partial charge in [0, 0.05) is 12.6 Å². The number of nitrogens with zero attached hydrogens (tertiary/aromatic N) is 1. The zero-order valence-electron chi connectivity index (χ0n) is 10.1. The van der Waals surface area contributed by atoms with E-state index in [4.69, 9.17) is 10.5 Å². The highest BCUT2D eigenvalue weighted by atomic mass is 16.6. The molecular weight excluding hydrogens is 192 g/mol. The van der Waals surface area contributed by atoms with Gasteiger partial charge in [0.15, 0.2) is 0 Å². The Hall–Kier alpha value is -0.770. The Balaban J connectivity index is 2.55. The van der Waals surface area contributed by atoms with Crippen molar-refractivity contribution in [3.05, 3.63) is 0 Å². The summed E-state index contributed by atoms with van der Waals surface area (Å²) in [7, 11) is 0. The van der Waals surface area contributed by atoms with Gasteiger partial charge in [-0.1, -0.05) is 0 Å². The van der Waals surface area contributed by atoms with E-state index < -0.39 is 5.60 Å². The number of carbonyl (C=O) groups excluding carboxylic acids is 1. The third-order valence-electron chi connectivity index (χ3n) is 2.85. The molecule has 1 heterocycles. The van der Waals surface area contributed by atoms with E-state index in [0.717, 1.165) is 13.0 Å². The molecule has 4 nitrogen and oxygen atoms in total. The van der Waals surface area contributed by atoms with Crippen LogP contribution >= 0.6 is 0 Å². The molecule has 1 aliphatic rings.